The maximum atomic E-state index is 14.8. The summed E-state index contributed by atoms with van der Waals surface area (Å²) in [5, 5.41) is 27.7. The molecule has 6 unspecified atom stereocenters. The number of primary amides is 1. The van der Waals surface area contributed by atoms with Crippen LogP contribution in [0.5, 0.6) is 0 Å². The summed E-state index contributed by atoms with van der Waals surface area (Å²) in [4.78, 5) is 153. The number of nitrogens with one attached hydrogen (secondary N) is 6. The van der Waals surface area contributed by atoms with Gasteiger partial charge in [0.2, 0.25) is 69.5 Å². The number of anilines is 1. The molecule has 26 nitrogen and oxygen atoms in total. The standard InChI is InChI=1S/C68H106N11O15.Al.2H/c1-15-43(8)59(51(92-13)38-55(83)78-37-23-27-50(78)61(93-14)44(9)62(85)71-45(10)60(84)47-24-18-16-19-25-47)76(11)66(89)57(41(4)5)75-65(88)58(42(6)7)77(12)68(91)94-39-46-29-31-48(32-30-46)72-63(86)49(26-22-35-70-67(69)90)73-64(87)56(40(2)3)74-52(80)28-20-17-21-36-79-53(81)33-34-54(79)82;;;/h16,18-19,24-25,29-33,40-45,49-51,56-61,84H,15,17,20-23,26-28,34-39H2,1-14H3,(H,71,85)(H,72,86)(H,73,87)(H,74,80)(H,75,88)(H3,69,70,90);;;/t43-,44+,45+,49?,50-,51+,56?,57?,58?,59?,60+,61-;;;/m0.../s1. The first-order valence-corrected chi connectivity index (χ1v) is 34.8. The molecule has 4 rings (SSSR count). The zero-order valence-electron chi connectivity index (χ0n) is 58.6. The van der Waals surface area contributed by atoms with Gasteiger partial charge in [-0.25, -0.2) is 9.59 Å². The van der Waals surface area contributed by atoms with E-state index in [9.17, 15) is 57.8 Å². The molecule has 528 valence electrons. The summed E-state index contributed by atoms with van der Waals surface area (Å²) in [5.74, 6) is -5.51. The lowest BCUT2D eigenvalue weighted by molar-refractivity contribution is -0.148. The van der Waals surface area contributed by atoms with E-state index in [4.69, 9.17) is 19.9 Å². The van der Waals surface area contributed by atoms with E-state index >= 15 is 0 Å². The molecule has 2 saturated heterocycles. The normalized spacial score (nSPS) is 18.3. The molecule has 0 aromatic heterocycles. The zero-order chi connectivity index (χ0) is 71.0. The smallest absolute Gasteiger partial charge is 0.410 e. The number of amides is 12. The van der Waals surface area contributed by atoms with Gasteiger partial charge < -0.3 is 66.8 Å². The van der Waals surface area contributed by atoms with E-state index < -0.39 is 114 Å². The van der Waals surface area contributed by atoms with E-state index in [1.54, 1.807) is 109 Å². The van der Waals surface area contributed by atoms with Crippen LogP contribution in [0.3, 0.4) is 0 Å². The second-order valence-electron chi connectivity index (χ2n) is 26.6. The minimum Gasteiger partial charge on any atom is -0.445 e. The Morgan fingerprint density at radius 2 is 1.40 bits per heavy atom. The molecule has 2 aromatic carbocycles. The number of nitrogens with zero attached hydrogens (tertiary/aromatic N) is 4. The molecule has 12 amide bonds. The highest BCUT2D eigenvalue weighted by Crippen LogP contribution is 2.31. The summed E-state index contributed by atoms with van der Waals surface area (Å²) in [6.07, 6.45) is 0.918. The van der Waals surface area contributed by atoms with Gasteiger partial charge in [-0.2, -0.15) is 0 Å². The van der Waals surface area contributed by atoms with Gasteiger partial charge in [-0.15, -0.1) is 0 Å². The van der Waals surface area contributed by atoms with Crippen LogP contribution in [0.2, 0.25) is 4.78 Å². The first-order valence-electron chi connectivity index (χ1n) is 33.6. The maximum absolute atomic E-state index is 14.8. The molecule has 2 aliphatic rings. The van der Waals surface area contributed by atoms with Crippen LogP contribution in [0.15, 0.2) is 54.6 Å². The number of rotatable bonds is 38. The van der Waals surface area contributed by atoms with Crippen LogP contribution in [0.4, 0.5) is 15.3 Å². The van der Waals surface area contributed by atoms with Gasteiger partial charge in [-0.1, -0.05) is 118 Å². The zero-order valence-corrected chi connectivity index (χ0v) is 60.6. The predicted octanol–water partition coefficient (Wildman–Crippen LogP) is 4.33. The van der Waals surface area contributed by atoms with Crippen LogP contribution in [0, 0.1) is 29.6 Å². The molecule has 9 N–H and O–H groups in total. The van der Waals surface area contributed by atoms with Gasteiger partial charge in [-0.05, 0) is 97.2 Å². The van der Waals surface area contributed by atoms with Crippen LogP contribution in [0.25, 0.3) is 0 Å². The van der Waals surface area contributed by atoms with Crippen LogP contribution >= 0.6 is 0 Å². The Hall–Kier alpha value is -7.18. The summed E-state index contributed by atoms with van der Waals surface area (Å²) >= 11 is 0.617. The number of likely N-dealkylation sites (N-methyl/N-ethyl adjacent to an activating group) is 2. The number of carbonyl (C=O) groups is 11. The number of benzene rings is 2. The van der Waals surface area contributed by atoms with Crippen molar-refractivity contribution in [3.05, 3.63) is 65.7 Å². The van der Waals surface area contributed by atoms with Crippen molar-refractivity contribution in [2.75, 3.05) is 53.3 Å². The van der Waals surface area contributed by atoms with Gasteiger partial charge in [0.15, 0.2) is 0 Å². The largest absolute Gasteiger partial charge is 0.445 e. The third kappa shape index (κ3) is 23.6. The molecule has 2 aromatic rings. The van der Waals surface area contributed by atoms with Crippen LogP contribution in [-0.4, -0.2) is 209 Å². The number of imide groups is 1. The van der Waals surface area contributed by atoms with E-state index in [0.29, 0.717) is 84.7 Å². The first kappa shape index (κ1) is 80.3. The number of ether oxygens (including phenoxy) is 3. The Morgan fingerprint density at radius 3 is 1.97 bits per heavy atom. The Labute approximate surface area is 569 Å². The maximum Gasteiger partial charge on any atom is 0.410 e. The number of likely N-dealkylation sites (tertiary alicyclic amines) is 2. The van der Waals surface area contributed by atoms with Gasteiger partial charge in [-0.3, -0.25) is 53.0 Å². The number of urea groups is 1. The van der Waals surface area contributed by atoms with Crippen molar-refractivity contribution in [1.82, 2.24) is 46.2 Å². The van der Waals surface area contributed by atoms with Gasteiger partial charge in [0.05, 0.1) is 48.8 Å². The van der Waals surface area contributed by atoms with Crippen molar-refractivity contribution in [3.8, 4) is 0 Å². The number of methoxy groups -OCH3 is 2. The van der Waals surface area contributed by atoms with Gasteiger partial charge in [0.25, 0.3) is 0 Å². The Morgan fingerprint density at radius 1 is 0.747 bits per heavy atom. The number of nitrogens with two attached hydrogens (primary N) is 1. The first-order chi connectivity index (χ1) is 44.9. The monoisotopic (exact) mass is 1350 g/mol. The molecule has 0 radical (unpaired) electrons. The number of carbonyl (C=O) groups excluding carboxylic acids is 11. The number of aliphatic hydroxyl groups excluding tert-OH is 1. The van der Waals surface area contributed by atoms with Crippen molar-refractivity contribution in [2.45, 2.75) is 212 Å². The Bertz CT molecular complexity index is 2890. The van der Waals surface area contributed by atoms with Crippen LogP contribution in [-0.2, 0) is 64.0 Å². The van der Waals surface area contributed by atoms with E-state index in [-0.39, 0.29) is 91.4 Å². The second kappa shape index (κ2) is 39.1. The van der Waals surface area contributed by atoms with Crippen molar-refractivity contribution < 1.29 is 72.1 Å². The Balaban J connectivity index is 1.37. The van der Waals surface area contributed by atoms with E-state index in [1.807, 2.05) is 32.0 Å². The summed E-state index contributed by atoms with van der Waals surface area (Å²) < 4.78 is 17.6. The highest BCUT2D eigenvalue weighted by atomic mass is 27.0. The third-order valence-corrected chi connectivity index (χ3v) is 19.2. The second-order valence-corrected chi connectivity index (χ2v) is 28.0. The summed E-state index contributed by atoms with van der Waals surface area (Å²) in [5.41, 5.74) is 6.79. The Kier molecular flexibility index (Phi) is 33.1. The molecule has 2 aliphatic heterocycles. The summed E-state index contributed by atoms with van der Waals surface area (Å²) in [6.45, 7) is 18.7. The quantitative estimate of drug-likeness (QED) is 0.0264. The third-order valence-electron chi connectivity index (χ3n) is 18.3. The fourth-order valence-electron chi connectivity index (χ4n) is 12.5. The lowest BCUT2D eigenvalue weighted by Crippen LogP contribution is -2.60. The molecular weight excluding hydrogens is 1240 g/mol. The van der Waals surface area contributed by atoms with Crippen molar-refractivity contribution in [2.24, 2.45) is 35.3 Å². The molecule has 27 heteroatoms. The fraction of sp³-hybridized carbons (Fsp3) is 0.662. The van der Waals surface area contributed by atoms with E-state index in [2.05, 4.69) is 31.9 Å². The van der Waals surface area contributed by atoms with Gasteiger partial charge in [0.1, 0.15) is 30.8 Å². The minimum atomic E-state index is -1.11. The molecule has 0 bridgehead atoms. The lowest BCUT2D eigenvalue weighted by atomic mass is 9.89. The molecule has 0 saturated carbocycles. The van der Waals surface area contributed by atoms with Gasteiger partial charge in [0, 0.05) is 66.5 Å². The number of unbranched alkanes of at least 4 members (excludes halogenated alkanes) is 2. The lowest BCUT2D eigenvalue weighted by Gasteiger charge is -2.41. The summed E-state index contributed by atoms with van der Waals surface area (Å²) in [6, 6.07) is 8.79. The molecule has 95 heavy (non-hydrogen) atoms. The molecule has 2 heterocycles. The number of aliphatic hydroxyl groups is 1. The van der Waals surface area contributed by atoms with Crippen molar-refractivity contribution >= 4 is 87.3 Å². The molecule has 2 fully saturated rings. The van der Waals surface area contributed by atoms with E-state index in [1.165, 1.54) is 31.1 Å². The molecule has 0 aliphatic carbocycles. The van der Waals surface area contributed by atoms with Crippen molar-refractivity contribution in [1.29, 1.82) is 0 Å². The molecular formula is C68H108AlN11O15. The summed E-state index contributed by atoms with van der Waals surface area (Å²) in [7, 11) is 6.08. The average Bonchev–Trinajstić information content (AvgIpc) is 1.78. The molecule has 0 spiro atoms. The number of hydrogen-bond acceptors (Lipinski definition) is 15. The van der Waals surface area contributed by atoms with Crippen LogP contribution < -0.4 is 37.6 Å². The van der Waals surface area contributed by atoms with E-state index in [0.717, 1.165) is 0 Å². The highest BCUT2D eigenvalue weighted by molar-refractivity contribution is 6.29. The van der Waals surface area contributed by atoms with Crippen molar-refractivity contribution in [3.63, 3.8) is 0 Å². The number of hydrogen-bond donors (Lipinski definition) is 8. The molecule has 13 atom stereocenters. The SMILES string of the molecule is CC[C@H](C)C([C@@H](CC(=O)N1CCC[C@H]1[C@@H](OC)[C@@H](C)C(=O)N[C@H](C)[C@@H](O)c1ccccc1)OC)N(C)C(=O)C(NC(=O)C(C(C)C)N(C)C(=O)OCc1ccc(NC(=O)C(CCCNC(N)=O)NC(=O)C(NC(=O)CCCCCN2C(=O)C[CH]([AlH2])C2=O)C(C)C)cc1)C(C)C. The topological polar surface area (TPSA) is 347 Å². The van der Waals surface area contributed by atoms with Crippen LogP contribution in [0.1, 0.15) is 157 Å². The minimum absolute atomic E-state index is 0.0895. The average molecular weight is 1350 g/mol. The predicted molar refractivity (Wildman–Crippen MR) is 361 cm³/mol. The van der Waals surface area contributed by atoms with Gasteiger partial charge >= 0.3 is 12.1 Å². The fourth-order valence-corrected chi connectivity index (χ4v) is 13.2. The highest BCUT2D eigenvalue weighted by Gasteiger charge is 2.44.